The Morgan fingerprint density at radius 1 is 1.33 bits per heavy atom. The number of amides is 1. The number of ether oxygens (including phenoxy) is 1. The Kier molecular flexibility index (Phi) is 2.65. The number of fused-ring (bicyclic) bond motifs is 2. The van der Waals surface area contributed by atoms with Crippen LogP contribution in [0.15, 0.2) is 0 Å². The van der Waals surface area contributed by atoms with E-state index in [2.05, 4.69) is 5.32 Å². The highest BCUT2D eigenvalue weighted by molar-refractivity contribution is 5.86. The Morgan fingerprint density at radius 3 is 2.47 bits per heavy atom. The van der Waals surface area contributed by atoms with Gasteiger partial charge in [-0.15, -0.1) is 0 Å². The molecular formula is C10H15NO4. The first kappa shape index (κ1) is 10.4. The number of nitrogens with one attached hydrogen (secondary N) is 1. The summed E-state index contributed by atoms with van der Waals surface area (Å²) < 4.78 is 5.48. The Hall–Kier alpha value is -1.10. The number of carbonyl (C=O) groups excluding carboxylic acids is 1. The lowest BCUT2D eigenvalue weighted by atomic mass is 9.79. The number of aliphatic carboxylic acids is 1. The van der Waals surface area contributed by atoms with Crippen LogP contribution in [0, 0.1) is 11.8 Å². The van der Waals surface area contributed by atoms with E-state index in [4.69, 9.17) is 9.84 Å². The highest BCUT2D eigenvalue weighted by Crippen LogP contribution is 2.43. The average Bonchev–Trinajstić information content (AvgIpc) is 2.76. The smallest absolute Gasteiger partial charge is 0.310 e. The molecule has 0 saturated carbocycles. The maximum Gasteiger partial charge on any atom is 0.310 e. The second-order valence-corrected chi connectivity index (χ2v) is 4.07. The Morgan fingerprint density at radius 2 is 1.93 bits per heavy atom. The summed E-state index contributed by atoms with van der Waals surface area (Å²) >= 11 is 0. The van der Waals surface area contributed by atoms with Crippen molar-refractivity contribution >= 4 is 11.9 Å². The predicted molar refractivity (Wildman–Crippen MR) is 51.2 cm³/mol. The van der Waals surface area contributed by atoms with Gasteiger partial charge in [0.05, 0.1) is 24.0 Å². The fourth-order valence-corrected chi connectivity index (χ4v) is 2.62. The summed E-state index contributed by atoms with van der Waals surface area (Å²) in [5.41, 5.74) is 0. The van der Waals surface area contributed by atoms with Crippen LogP contribution in [0.3, 0.4) is 0 Å². The van der Waals surface area contributed by atoms with Gasteiger partial charge in [-0.3, -0.25) is 9.59 Å². The van der Waals surface area contributed by atoms with Crippen molar-refractivity contribution in [3.63, 3.8) is 0 Å². The standard InChI is InChI=1S/C10H15NO4/c1-2-11-9(12)7-5-3-4-6(15-5)8(7)10(13)14/h5-8H,2-4H2,1H3,(H,11,12)(H,13,14). The second-order valence-electron chi connectivity index (χ2n) is 4.07. The third kappa shape index (κ3) is 1.61. The zero-order valence-corrected chi connectivity index (χ0v) is 8.60. The summed E-state index contributed by atoms with van der Waals surface area (Å²) in [6.45, 7) is 2.35. The fraction of sp³-hybridized carbons (Fsp3) is 0.800. The lowest BCUT2D eigenvalue weighted by molar-refractivity contribution is -0.147. The molecule has 0 spiro atoms. The fourth-order valence-electron chi connectivity index (χ4n) is 2.62. The monoisotopic (exact) mass is 213 g/mol. The van der Waals surface area contributed by atoms with Crippen molar-refractivity contribution in [2.24, 2.45) is 11.8 Å². The molecule has 84 valence electrons. The second kappa shape index (κ2) is 3.81. The van der Waals surface area contributed by atoms with Crippen LogP contribution in [-0.4, -0.2) is 35.7 Å². The molecule has 2 fully saturated rings. The van der Waals surface area contributed by atoms with Crippen molar-refractivity contribution in [1.82, 2.24) is 5.32 Å². The number of hydrogen-bond donors (Lipinski definition) is 2. The molecule has 0 aromatic carbocycles. The lowest BCUT2D eigenvalue weighted by Gasteiger charge is -2.23. The Bertz CT molecular complexity index is 291. The van der Waals surface area contributed by atoms with Gasteiger partial charge in [0.25, 0.3) is 0 Å². The van der Waals surface area contributed by atoms with Crippen LogP contribution in [-0.2, 0) is 14.3 Å². The summed E-state index contributed by atoms with van der Waals surface area (Å²) in [5.74, 6) is -2.26. The first-order chi connectivity index (χ1) is 7.15. The number of carboxylic acid groups (broad SMARTS) is 1. The zero-order chi connectivity index (χ0) is 11.0. The molecule has 0 aromatic heterocycles. The molecule has 5 heteroatoms. The van der Waals surface area contributed by atoms with Crippen molar-refractivity contribution in [2.45, 2.75) is 32.0 Å². The average molecular weight is 213 g/mol. The molecule has 5 nitrogen and oxygen atoms in total. The van der Waals surface area contributed by atoms with Gasteiger partial charge in [0.2, 0.25) is 5.91 Å². The van der Waals surface area contributed by atoms with E-state index >= 15 is 0 Å². The number of hydrogen-bond acceptors (Lipinski definition) is 3. The molecule has 0 aliphatic carbocycles. The number of rotatable bonds is 3. The number of carbonyl (C=O) groups is 2. The van der Waals surface area contributed by atoms with Crippen LogP contribution < -0.4 is 5.32 Å². The van der Waals surface area contributed by atoms with Gasteiger partial charge in [-0.25, -0.2) is 0 Å². The quantitative estimate of drug-likeness (QED) is 0.692. The van der Waals surface area contributed by atoms with Crippen molar-refractivity contribution in [3.8, 4) is 0 Å². The minimum Gasteiger partial charge on any atom is -0.481 e. The van der Waals surface area contributed by atoms with Crippen LogP contribution in [0.4, 0.5) is 0 Å². The summed E-state index contributed by atoms with van der Waals surface area (Å²) in [7, 11) is 0. The van der Waals surface area contributed by atoms with E-state index in [1.807, 2.05) is 6.92 Å². The zero-order valence-electron chi connectivity index (χ0n) is 8.60. The van der Waals surface area contributed by atoms with Gasteiger partial charge in [0.1, 0.15) is 0 Å². The van der Waals surface area contributed by atoms with Gasteiger partial charge in [0, 0.05) is 6.54 Å². The summed E-state index contributed by atoms with van der Waals surface area (Å²) in [4.78, 5) is 22.7. The van der Waals surface area contributed by atoms with Crippen molar-refractivity contribution < 1.29 is 19.4 Å². The largest absolute Gasteiger partial charge is 0.481 e. The van der Waals surface area contributed by atoms with Crippen LogP contribution in [0.25, 0.3) is 0 Å². The minimum absolute atomic E-state index is 0.183. The van der Waals surface area contributed by atoms with Crippen LogP contribution in [0.5, 0.6) is 0 Å². The van der Waals surface area contributed by atoms with E-state index in [9.17, 15) is 9.59 Å². The third-order valence-electron chi connectivity index (χ3n) is 3.21. The topological polar surface area (TPSA) is 75.6 Å². The molecule has 2 N–H and O–H groups in total. The highest BCUT2D eigenvalue weighted by Gasteiger charge is 2.55. The normalized spacial score (nSPS) is 37.9. The molecule has 2 aliphatic rings. The Labute approximate surface area is 87.8 Å². The van der Waals surface area contributed by atoms with E-state index in [1.54, 1.807) is 0 Å². The van der Waals surface area contributed by atoms with Crippen molar-refractivity contribution in [3.05, 3.63) is 0 Å². The van der Waals surface area contributed by atoms with E-state index in [0.29, 0.717) is 6.54 Å². The van der Waals surface area contributed by atoms with Gasteiger partial charge < -0.3 is 15.2 Å². The predicted octanol–water partition coefficient (Wildman–Crippen LogP) is 0.000700. The molecule has 2 rings (SSSR count). The first-order valence-corrected chi connectivity index (χ1v) is 5.31. The number of carboxylic acids is 1. The maximum absolute atomic E-state index is 11.7. The van der Waals surface area contributed by atoms with Crippen LogP contribution in [0.1, 0.15) is 19.8 Å². The molecule has 0 aromatic rings. The minimum atomic E-state index is -0.918. The summed E-state index contributed by atoms with van der Waals surface area (Å²) in [6, 6.07) is 0. The van der Waals surface area contributed by atoms with E-state index < -0.39 is 17.8 Å². The summed E-state index contributed by atoms with van der Waals surface area (Å²) in [6.07, 6.45) is 1.11. The van der Waals surface area contributed by atoms with Gasteiger partial charge in [-0.1, -0.05) is 0 Å². The lowest BCUT2D eigenvalue weighted by Crippen LogP contribution is -2.43. The maximum atomic E-state index is 11.7. The molecule has 2 heterocycles. The van der Waals surface area contributed by atoms with Crippen LogP contribution >= 0.6 is 0 Å². The van der Waals surface area contributed by atoms with Gasteiger partial charge in [-0.05, 0) is 19.8 Å². The van der Waals surface area contributed by atoms with Crippen LogP contribution in [0.2, 0.25) is 0 Å². The van der Waals surface area contributed by atoms with E-state index in [-0.39, 0.29) is 18.1 Å². The van der Waals surface area contributed by atoms with E-state index in [1.165, 1.54) is 0 Å². The Balaban J connectivity index is 2.14. The van der Waals surface area contributed by atoms with Crippen molar-refractivity contribution in [1.29, 1.82) is 0 Å². The van der Waals surface area contributed by atoms with Gasteiger partial charge >= 0.3 is 5.97 Å². The van der Waals surface area contributed by atoms with Gasteiger partial charge in [0.15, 0.2) is 0 Å². The molecule has 2 aliphatic heterocycles. The molecule has 1 amide bonds. The highest BCUT2D eigenvalue weighted by atomic mass is 16.5. The van der Waals surface area contributed by atoms with E-state index in [0.717, 1.165) is 12.8 Å². The molecule has 4 atom stereocenters. The molecule has 2 bridgehead atoms. The first-order valence-electron chi connectivity index (χ1n) is 5.31. The SMILES string of the molecule is CCNC(=O)C1C2CCC(O2)C1C(=O)O. The van der Waals surface area contributed by atoms with Gasteiger partial charge in [-0.2, -0.15) is 0 Å². The molecule has 15 heavy (non-hydrogen) atoms. The summed E-state index contributed by atoms with van der Waals surface area (Å²) in [5, 5.41) is 11.7. The molecule has 2 saturated heterocycles. The van der Waals surface area contributed by atoms with Crippen molar-refractivity contribution in [2.75, 3.05) is 6.54 Å². The molecule has 4 unspecified atom stereocenters. The molecular weight excluding hydrogens is 198 g/mol. The molecule has 0 radical (unpaired) electrons. The third-order valence-corrected chi connectivity index (χ3v) is 3.21.